The zero-order valence-corrected chi connectivity index (χ0v) is 11.9. The molecule has 1 rings (SSSR count). The van der Waals surface area contributed by atoms with E-state index in [0.717, 1.165) is 4.90 Å². The van der Waals surface area contributed by atoms with Crippen molar-refractivity contribution in [2.45, 2.75) is 0 Å². The first kappa shape index (κ1) is 16.4. The molecule has 8 nitrogen and oxygen atoms in total. The summed E-state index contributed by atoms with van der Waals surface area (Å²) >= 11 is 0. The third-order valence-electron chi connectivity index (χ3n) is 2.91. The predicted molar refractivity (Wildman–Crippen MR) is 70.9 cm³/mol. The van der Waals surface area contributed by atoms with Crippen LogP contribution < -0.4 is 0 Å². The number of aliphatic hydroxyl groups excluding tert-OH is 1. The average molecular weight is 287 g/mol. The number of methoxy groups -OCH3 is 2. The van der Waals surface area contributed by atoms with Crippen LogP contribution in [0, 0.1) is 0 Å². The second-order valence-electron chi connectivity index (χ2n) is 4.15. The Balaban J connectivity index is 2.91. The smallest absolute Gasteiger partial charge is 0.333 e. The molecule has 0 spiro atoms. The lowest BCUT2D eigenvalue weighted by atomic mass is 10.3. The molecular weight excluding hydrogens is 266 g/mol. The number of β-amino-alcohol motifs (C(OH)–C–C–N with tert-alkyl or cyclic N) is 1. The lowest BCUT2D eigenvalue weighted by molar-refractivity contribution is 0.0793. The van der Waals surface area contributed by atoms with Crippen LogP contribution in [0.5, 0.6) is 0 Å². The number of imide groups is 1. The summed E-state index contributed by atoms with van der Waals surface area (Å²) in [5.74, 6) is 0.295. The first-order chi connectivity index (χ1) is 9.58. The highest BCUT2D eigenvalue weighted by molar-refractivity contribution is 5.97. The molecule has 0 aromatic rings. The standard InChI is InChI=1S/C12H21N3O5/c1-10-13(5-8-19-2)11(17)15(4-7-16)12(18)14(10)6-9-20-3/h16H,1,4-9H2,2-3H3. The summed E-state index contributed by atoms with van der Waals surface area (Å²) in [5.41, 5.74) is 0. The maximum atomic E-state index is 12.2. The SMILES string of the molecule is C=C1N(CCOC)C(=O)N(CCO)C(=O)N1CCOC. The molecule has 0 unspecified atom stereocenters. The molecule has 0 aromatic heterocycles. The molecule has 1 fully saturated rings. The van der Waals surface area contributed by atoms with Crippen molar-refractivity contribution in [2.24, 2.45) is 0 Å². The van der Waals surface area contributed by atoms with Crippen LogP contribution in [0.4, 0.5) is 9.59 Å². The van der Waals surface area contributed by atoms with E-state index >= 15 is 0 Å². The molecule has 8 heteroatoms. The molecule has 0 atom stereocenters. The van der Waals surface area contributed by atoms with Crippen molar-refractivity contribution >= 4 is 12.1 Å². The van der Waals surface area contributed by atoms with Gasteiger partial charge in [-0.2, -0.15) is 0 Å². The third kappa shape index (κ3) is 3.47. The molecule has 1 aliphatic heterocycles. The lowest BCUT2D eigenvalue weighted by Gasteiger charge is -2.41. The van der Waals surface area contributed by atoms with Crippen molar-refractivity contribution in [3.63, 3.8) is 0 Å². The van der Waals surface area contributed by atoms with Gasteiger partial charge in [0.05, 0.1) is 39.5 Å². The molecule has 1 aliphatic rings. The third-order valence-corrected chi connectivity index (χ3v) is 2.91. The van der Waals surface area contributed by atoms with E-state index in [1.807, 2.05) is 0 Å². The zero-order chi connectivity index (χ0) is 15.1. The molecule has 1 saturated heterocycles. The van der Waals surface area contributed by atoms with Crippen LogP contribution in [0.2, 0.25) is 0 Å². The Kier molecular flexibility index (Phi) is 6.43. The number of rotatable bonds is 8. The number of hydrogen-bond donors (Lipinski definition) is 1. The van der Waals surface area contributed by atoms with Crippen LogP contribution in [0.1, 0.15) is 0 Å². The first-order valence-electron chi connectivity index (χ1n) is 6.26. The molecular formula is C12H21N3O5. The maximum Gasteiger partial charge on any atom is 0.333 e. The fraction of sp³-hybridized carbons (Fsp3) is 0.667. The van der Waals surface area contributed by atoms with E-state index in [2.05, 4.69) is 6.58 Å². The number of carbonyl (C=O) groups excluding carboxylic acids is 2. The van der Waals surface area contributed by atoms with Gasteiger partial charge >= 0.3 is 12.1 Å². The minimum absolute atomic E-state index is 0.0576. The molecule has 0 aliphatic carbocycles. The van der Waals surface area contributed by atoms with Gasteiger partial charge in [0.1, 0.15) is 5.82 Å². The van der Waals surface area contributed by atoms with E-state index in [-0.39, 0.29) is 26.2 Å². The van der Waals surface area contributed by atoms with Crippen LogP contribution >= 0.6 is 0 Å². The summed E-state index contributed by atoms with van der Waals surface area (Å²) in [7, 11) is 3.05. The summed E-state index contributed by atoms with van der Waals surface area (Å²) in [6.07, 6.45) is 0. The molecule has 0 aromatic carbocycles. The number of amides is 4. The van der Waals surface area contributed by atoms with Gasteiger partial charge in [-0.3, -0.25) is 9.80 Å². The van der Waals surface area contributed by atoms with Crippen molar-refractivity contribution in [1.82, 2.24) is 14.7 Å². The number of hydrogen-bond acceptors (Lipinski definition) is 5. The molecule has 0 bridgehead atoms. The number of nitrogens with zero attached hydrogens (tertiary/aromatic N) is 3. The van der Waals surface area contributed by atoms with Crippen molar-refractivity contribution in [3.8, 4) is 0 Å². The quantitative estimate of drug-likeness (QED) is 0.674. The van der Waals surface area contributed by atoms with Gasteiger partial charge in [0.25, 0.3) is 0 Å². The number of urea groups is 2. The van der Waals surface area contributed by atoms with Gasteiger partial charge in [-0.05, 0) is 0 Å². The molecule has 20 heavy (non-hydrogen) atoms. The second kappa shape index (κ2) is 7.83. The van der Waals surface area contributed by atoms with E-state index in [0.29, 0.717) is 19.0 Å². The van der Waals surface area contributed by atoms with Crippen LogP contribution in [-0.4, -0.2) is 85.5 Å². The normalized spacial score (nSPS) is 16.4. The van der Waals surface area contributed by atoms with E-state index in [1.165, 1.54) is 24.0 Å². The topological polar surface area (TPSA) is 82.6 Å². The second-order valence-corrected chi connectivity index (χ2v) is 4.15. The molecule has 4 amide bonds. The first-order valence-corrected chi connectivity index (χ1v) is 6.26. The highest BCUT2D eigenvalue weighted by Gasteiger charge is 2.39. The van der Waals surface area contributed by atoms with Gasteiger partial charge in [-0.25, -0.2) is 14.5 Å². The summed E-state index contributed by atoms with van der Waals surface area (Å²) < 4.78 is 9.90. The highest BCUT2D eigenvalue weighted by atomic mass is 16.5. The van der Waals surface area contributed by atoms with Crippen LogP contribution in [0.25, 0.3) is 0 Å². The molecule has 1 N–H and O–H groups in total. The summed E-state index contributed by atoms with van der Waals surface area (Å²) in [6.45, 7) is 4.66. The Hall–Kier alpha value is -1.64. The van der Waals surface area contributed by atoms with Crippen molar-refractivity contribution in [2.75, 3.05) is 53.7 Å². The monoisotopic (exact) mass is 287 g/mol. The lowest BCUT2D eigenvalue weighted by Crippen LogP contribution is -2.60. The summed E-state index contributed by atoms with van der Waals surface area (Å²) in [5, 5.41) is 8.99. The van der Waals surface area contributed by atoms with Crippen molar-refractivity contribution < 1.29 is 24.2 Å². The average Bonchev–Trinajstić information content (AvgIpc) is 2.43. The fourth-order valence-corrected chi connectivity index (χ4v) is 1.85. The molecule has 0 radical (unpaired) electrons. The largest absolute Gasteiger partial charge is 0.395 e. The van der Waals surface area contributed by atoms with Gasteiger partial charge in [0.2, 0.25) is 0 Å². The fourth-order valence-electron chi connectivity index (χ4n) is 1.85. The van der Waals surface area contributed by atoms with Crippen molar-refractivity contribution in [3.05, 3.63) is 12.4 Å². The van der Waals surface area contributed by atoms with E-state index in [1.54, 1.807) is 0 Å². The Morgan fingerprint density at radius 2 is 1.40 bits per heavy atom. The molecule has 114 valence electrons. The minimum Gasteiger partial charge on any atom is -0.395 e. The molecule has 0 saturated carbocycles. The van der Waals surface area contributed by atoms with Gasteiger partial charge in [-0.15, -0.1) is 0 Å². The Morgan fingerprint density at radius 1 is 0.950 bits per heavy atom. The van der Waals surface area contributed by atoms with Gasteiger partial charge < -0.3 is 14.6 Å². The minimum atomic E-state index is -0.500. The summed E-state index contributed by atoms with van der Waals surface area (Å²) in [4.78, 5) is 28.1. The van der Waals surface area contributed by atoms with E-state index in [9.17, 15) is 9.59 Å². The number of carbonyl (C=O) groups is 2. The van der Waals surface area contributed by atoms with E-state index in [4.69, 9.17) is 14.6 Å². The predicted octanol–water partition coefficient (Wildman–Crippen LogP) is -0.0977. The van der Waals surface area contributed by atoms with Gasteiger partial charge in [0, 0.05) is 14.2 Å². The van der Waals surface area contributed by atoms with Crippen LogP contribution in [-0.2, 0) is 9.47 Å². The maximum absolute atomic E-state index is 12.2. The molecule has 1 heterocycles. The van der Waals surface area contributed by atoms with Crippen LogP contribution in [0.3, 0.4) is 0 Å². The summed E-state index contributed by atoms with van der Waals surface area (Å²) in [6, 6.07) is -1.00. The van der Waals surface area contributed by atoms with E-state index < -0.39 is 12.1 Å². The van der Waals surface area contributed by atoms with Gasteiger partial charge in [0.15, 0.2) is 0 Å². The van der Waals surface area contributed by atoms with Crippen molar-refractivity contribution in [1.29, 1.82) is 0 Å². The Labute approximate surface area is 118 Å². The number of aliphatic hydroxyl groups is 1. The zero-order valence-electron chi connectivity index (χ0n) is 11.9. The Morgan fingerprint density at radius 3 is 1.75 bits per heavy atom. The van der Waals surface area contributed by atoms with Crippen LogP contribution in [0.15, 0.2) is 12.4 Å². The van der Waals surface area contributed by atoms with Gasteiger partial charge in [-0.1, -0.05) is 6.58 Å². The number of ether oxygens (including phenoxy) is 2. The highest BCUT2D eigenvalue weighted by Crippen LogP contribution is 2.20. The Bertz CT molecular complexity index is 344.